The fourth-order valence-corrected chi connectivity index (χ4v) is 5.22. The summed E-state index contributed by atoms with van der Waals surface area (Å²) >= 11 is 5.81. The van der Waals surface area contributed by atoms with Crippen molar-refractivity contribution in [3.05, 3.63) is 131 Å². The van der Waals surface area contributed by atoms with Crippen molar-refractivity contribution in [2.75, 3.05) is 12.0 Å². The van der Waals surface area contributed by atoms with Gasteiger partial charge in [-0.2, -0.15) is 0 Å². The number of benzene rings is 3. The molecule has 2 atom stereocenters. The fourth-order valence-electron chi connectivity index (χ4n) is 4.87. The minimum atomic E-state index is -0.415. The van der Waals surface area contributed by atoms with Gasteiger partial charge < -0.3 is 24.1 Å². The number of hydrogen-bond acceptors (Lipinski definition) is 7. The molecular formula is C31H24N4O5S. The Morgan fingerprint density at radius 3 is 2.27 bits per heavy atom. The number of nitro groups is 1. The minimum Gasteiger partial charge on any atom is -0.497 e. The summed E-state index contributed by atoms with van der Waals surface area (Å²) in [5, 5.41) is 15.5. The summed E-state index contributed by atoms with van der Waals surface area (Å²) in [5.74, 6) is 3.07. The third-order valence-electron chi connectivity index (χ3n) is 6.79. The highest BCUT2D eigenvalue weighted by atomic mass is 32.1. The lowest BCUT2D eigenvalue weighted by Gasteiger charge is -2.26. The highest BCUT2D eigenvalue weighted by molar-refractivity contribution is 7.80. The van der Waals surface area contributed by atoms with Crippen molar-refractivity contribution < 1.29 is 18.8 Å². The van der Waals surface area contributed by atoms with Crippen molar-refractivity contribution in [2.45, 2.75) is 12.1 Å². The maximum Gasteiger partial charge on any atom is 0.280 e. The van der Waals surface area contributed by atoms with Crippen LogP contribution in [-0.2, 0) is 0 Å². The molecule has 2 unspecified atom stereocenters. The predicted molar refractivity (Wildman–Crippen MR) is 158 cm³/mol. The van der Waals surface area contributed by atoms with Crippen molar-refractivity contribution in [2.24, 2.45) is 0 Å². The second kappa shape index (κ2) is 11.1. The second-order valence-electron chi connectivity index (χ2n) is 9.24. The van der Waals surface area contributed by atoms with E-state index in [1.165, 1.54) is 6.07 Å². The quantitative estimate of drug-likeness (QED) is 0.119. The zero-order valence-corrected chi connectivity index (χ0v) is 22.7. The zero-order chi connectivity index (χ0) is 28.3. The summed E-state index contributed by atoms with van der Waals surface area (Å²) in [5.41, 5.74) is 1.97. The molecule has 9 nitrogen and oxygen atoms in total. The van der Waals surface area contributed by atoms with Crippen LogP contribution in [0.1, 0.15) is 23.5 Å². The van der Waals surface area contributed by atoms with Gasteiger partial charge in [-0.25, -0.2) is 0 Å². The highest BCUT2D eigenvalue weighted by Gasteiger charge is 2.42. The van der Waals surface area contributed by atoms with Gasteiger partial charge in [0, 0.05) is 18.0 Å². The largest absolute Gasteiger partial charge is 0.497 e. The number of rotatable bonds is 8. The number of thiocarbonyl (C=S) groups is 1. The fraction of sp³-hybridized carbons (Fsp3) is 0.0968. The first kappa shape index (κ1) is 26.0. The van der Waals surface area contributed by atoms with Gasteiger partial charge in [0.25, 0.3) is 5.69 Å². The van der Waals surface area contributed by atoms with E-state index in [0.717, 1.165) is 17.1 Å². The Bertz CT molecular complexity index is 1690. The number of pyridine rings is 1. The second-order valence-corrected chi connectivity index (χ2v) is 9.63. The van der Waals surface area contributed by atoms with Crippen LogP contribution in [-0.4, -0.2) is 22.1 Å². The molecule has 0 spiro atoms. The van der Waals surface area contributed by atoms with E-state index in [9.17, 15) is 10.1 Å². The molecule has 0 amide bonds. The number of nitrogens with one attached hydrogen (secondary N) is 1. The number of methoxy groups -OCH3 is 1. The van der Waals surface area contributed by atoms with E-state index in [1.807, 2.05) is 77.7 Å². The summed E-state index contributed by atoms with van der Waals surface area (Å²) in [6.45, 7) is 0. The molecule has 0 saturated carbocycles. The summed E-state index contributed by atoms with van der Waals surface area (Å²) in [6, 6.07) is 30.0. The van der Waals surface area contributed by atoms with Crippen LogP contribution in [0.5, 0.6) is 17.2 Å². The third kappa shape index (κ3) is 5.20. The van der Waals surface area contributed by atoms with Crippen LogP contribution in [0.15, 0.2) is 114 Å². The zero-order valence-electron chi connectivity index (χ0n) is 21.8. The molecule has 0 radical (unpaired) electrons. The number of aromatic nitrogens is 1. The number of furan rings is 1. The maximum absolute atomic E-state index is 11.7. The molecular weight excluding hydrogens is 540 g/mol. The molecule has 1 aliphatic rings. The number of anilines is 1. The van der Waals surface area contributed by atoms with Crippen molar-refractivity contribution in [1.82, 2.24) is 10.3 Å². The Morgan fingerprint density at radius 1 is 0.902 bits per heavy atom. The smallest absolute Gasteiger partial charge is 0.280 e. The van der Waals surface area contributed by atoms with Crippen molar-refractivity contribution in [3.8, 4) is 28.6 Å². The van der Waals surface area contributed by atoms with Gasteiger partial charge in [0.2, 0.25) is 0 Å². The molecule has 0 aliphatic carbocycles. The summed E-state index contributed by atoms with van der Waals surface area (Å²) in [7, 11) is 1.62. The molecule has 6 rings (SSSR count). The molecule has 3 heterocycles. The molecule has 10 heteroatoms. The van der Waals surface area contributed by atoms with E-state index in [2.05, 4.69) is 10.3 Å². The topological polar surface area (TPSA) is 103 Å². The van der Waals surface area contributed by atoms with Gasteiger partial charge in [-0.05, 0) is 91.1 Å². The molecule has 1 fully saturated rings. The van der Waals surface area contributed by atoms with E-state index in [4.69, 9.17) is 26.1 Å². The number of nitrogens with zero attached hydrogens (tertiary/aromatic N) is 3. The molecule has 204 valence electrons. The van der Waals surface area contributed by atoms with E-state index < -0.39 is 11.0 Å². The van der Waals surface area contributed by atoms with Crippen LogP contribution in [0.3, 0.4) is 0 Å². The lowest BCUT2D eigenvalue weighted by atomic mass is 10.0. The Kier molecular flexibility index (Phi) is 7.05. The Labute approximate surface area is 241 Å². The molecule has 5 aromatic rings. The van der Waals surface area contributed by atoms with E-state index in [0.29, 0.717) is 33.7 Å². The maximum atomic E-state index is 11.7. The van der Waals surface area contributed by atoms with Gasteiger partial charge in [0.05, 0.1) is 29.3 Å². The van der Waals surface area contributed by atoms with Crippen LogP contribution in [0.2, 0.25) is 0 Å². The average Bonchev–Trinajstić information content (AvgIpc) is 3.63. The normalized spacial score (nSPS) is 16.3. The van der Waals surface area contributed by atoms with Gasteiger partial charge in [-0.1, -0.05) is 18.2 Å². The summed E-state index contributed by atoms with van der Waals surface area (Å²) < 4.78 is 17.5. The molecule has 1 saturated heterocycles. The molecule has 1 N–H and O–H groups in total. The van der Waals surface area contributed by atoms with Gasteiger partial charge in [0.1, 0.15) is 34.8 Å². The van der Waals surface area contributed by atoms with Crippen LogP contribution in [0, 0.1) is 10.1 Å². The van der Waals surface area contributed by atoms with E-state index in [1.54, 1.807) is 37.6 Å². The van der Waals surface area contributed by atoms with E-state index in [-0.39, 0.29) is 11.7 Å². The summed E-state index contributed by atoms with van der Waals surface area (Å²) in [4.78, 5) is 17.8. The highest BCUT2D eigenvalue weighted by Crippen LogP contribution is 2.44. The van der Waals surface area contributed by atoms with Crippen LogP contribution >= 0.6 is 12.2 Å². The summed E-state index contributed by atoms with van der Waals surface area (Å²) in [6.07, 6.45) is 1.73. The van der Waals surface area contributed by atoms with Gasteiger partial charge in [0.15, 0.2) is 5.11 Å². The standard InChI is InChI=1S/C31H24N4O5S/c1-38-21-13-15-23(16-14-21)39-22-11-9-20(10-12-22)34-30(29(33-31(34)41)25-7-4-5-19-32-25)28-18-17-27(40-28)24-6-2-3-8-26(24)35(36)37/h2-19,29-30H,1H3,(H,33,41). The Balaban J connectivity index is 1.35. The molecule has 41 heavy (non-hydrogen) atoms. The lowest BCUT2D eigenvalue weighted by Crippen LogP contribution is -2.29. The van der Waals surface area contributed by atoms with Crippen LogP contribution in [0.4, 0.5) is 11.4 Å². The lowest BCUT2D eigenvalue weighted by molar-refractivity contribution is -0.384. The van der Waals surface area contributed by atoms with Gasteiger partial charge >= 0.3 is 0 Å². The van der Waals surface area contributed by atoms with Gasteiger partial charge in [-0.15, -0.1) is 0 Å². The SMILES string of the molecule is COc1ccc(Oc2ccc(N3C(=S)NC(c4ccccn4)C3c3ccc(-c4ccccc4[N+](=O)[O-])o3)cc2)cc1. The first-order chi connectivity index (χ1) is 20.0. The number of para-hydroxylation sites is 1. The first-order valence-corrected chi connectivity index (χ1v) is 13.2. The van der Waals surface area contributed by atoms with Crippen molar-refractivity contribution in [1.29, 1.82) is 0 Å². The number of nitro benzene ring substituents is 1. The minimum absolute atomic E-state index is 0.0287. The Hall–Kier alpha value is -5.22. The van der Waals surface area contributed by atoms with E-state index >= 15 is 0 Å². The molecule has 0 bridgehead atoms. The predicted octanol–water partition coefficient (Wildman–Crippen LogP) is 7.23. The van der Waals surface area contributed by atoms with Crippen LogP contribution < -0.4 is 19.7 Å². The van der Waals surface area contributed by atoms with Crippen LogP contribution in [0.25, 0.3) is 11.3 Å². The van der Waals surface area contributed by atoms with Crippen molar-refractivity contribution in [3.63, 3.8) is 0 Å². The molecule has 2 aromatic heterocycles. The molecule has 1 aliphatic heterocycles. The van der Waals surface area contributed by atoms with Crippen molar-refractivity contribution >= 4 is 28.7 Å². The molecule has 3 aromatic carbocycles. The van der Waals surface area contributed by atoms with Gasteiger partial charge in [-0.3, -0.25) is 15.1 Å². The third-order valence-corrected chi connectivity index (χ3v) is 7.11. The monoisotopic (exact) mass is 564 g/mol. The number of hydrogen-bond donors (Lipinski definition) is 1. The first-order valence-electron chi connectivity index (χ1n) is 12.8. The Morgan fingerprint density at radius 2 is 1.59 bits per heavy atom. The average molecular weight is 565 g/mol. The number of ether oxygens (including phenoxy) is 2.